The van der Waals surface area contributed by atoms with Gasteiger partial charge in [-0.1, -0.05) is 44.2 Å². The number of hydrogen-bond acceptors (Lipinski definition) is 3. The molecule has 1 aromatic rings. The van der Waals surface area contributed by atoms with Gasteiger partial charge in [0, 0.05) is 39.3 Å². The van der Waals surface area contributed by atoms with Gasteiger partial charge in [0.25, 0.3) is 0 Å². The fourth-order valence-electron chi connectivity index (χ4n) is 2.60. The first-order valence-corrected chi connectivity index (χ1v) is 7.82. The van der Waals surface area contributed by atoms with Gasteiger partial charge in [-0.25, -0.2) is 0 Å². The van der Waals surface area contributed by atoms with Crippen LogP contribution in [0.1, 0.15) is 19.4 Å². The van der Waals surface area contributed by atoms with Gasteiger partial charge in [-0.3, -0.25) is 4.90 Å². The van der Waals surface area contributed by atoms with Crippen molar-refractivity contribution >= 4 is 12.6 Å². The van der Waals surface area contributed by atoms with Crippen molar-refractivity contribution < 1.29 is 0 Å². The first-order valence-electron chi connectivity index (χ1n) is 7.18. The quantitative estimate of drug-likeness (QED) is 0.828. The third kappa shape index (κ3) is 4.83. The topological polar surface area (TPSA) is 6.48 Å². The Labute approximate surface area is 123 Å². The number of nitrogens with zero attached hydrogens (tertiary/aromatic N) is 2. The van der Waals surface area contributed by atoms with Gasteiger partial charge < -0.3 is 4.90 Å². The predicted octanol–water partition coefficient (Wildman–Crippen LogP) is 2.76. The lowest BCUT2D eigenvalue weighted by Gasteiger charge is -2.38. The molecule has 0 spiro atoms. The normalized spacial score (nSPS) is 18.7. The van der Waals surface area contributed by atoms with Crippen LogP contribution in [-0.2, 0) is 6.54 Å². The summed E-state index contributed by atoms with van der Waals surface area (Å²) in [5.74, 6) is 0.956. The van der Waals surface area contributed by atoms with Crippen molar-refractivity contribution in [2.45, 2.75) is 20.4 Å². The molecule has 0 aromatic heterocycles. The number of hydrogen-bond donors (Lipinski definition) is 1. The van der Waals surface area contributed by atoms with Crippen LogP contribution in [0.2, 0.25) is 0 Å². The zero-order valence-corrected chi connectivity index (χ0v) is 13.1. The van der Waals surface area contributed by atoms with Gasteiger partial charge in [-0.15, -0.1) is 0 Å². The van der Waals surface area contributed by atoms with Gasteiger partial charge >= 0.3 is 0 Å². The predicted molar refractivity (Wildman–Crippen MR) is 85.8 cm³/mol. The molecule has 0 unspecified atom stereocenters. The summed E-state index contributed by atoms with van der Waals surface area (Å²) < 4.78 is 0. The summed E-state index contributed by atoms with van der Waals surface area (Å²) in [5, 5.41) is 0. The average Bonchev–Trinajstić information content (AvgIpc) is 2.42. The molecular formula is C16H26N2S. The van der Waals surface area contributed by atoms with Crippen molar-refractivity contribution in [3.63, 3.8) is 0 Å². The van der Waals surface area contributed by atoms with Crippen molar-refractivity contribution in [2.24, 2.45) is 5.41 Å². The largest absolute Gasteiger partial charge is 0.300 e. The minimum absolute atomic E-state index is 0.324. The summed E-state index contributed by atoms with van der Waals surface area (Å²) in [5.41, 5.74) is 1.75. The maximum absolute atomic E-state index is 4.45. The Bertz CT molecular complexity index is 370. The molecule has 1 aliphatic rings. The smallest absolute Gasteiger partial charge is 0.0234 e. The second-order valence-corrected chi connectivity index (χ2v) is 6.68. The van der Waals surface area contributed by atoms with E-state index in [1.165, 1.54) is 31.7 Å². The van der Waals surface area contributed by atoms with E-state index < -0.39 is 0 Å². The molecule has 1 heterocycles. The SMILES string of the molecule is CC(C)(CS)CN1CCN(Cc2ccccc2)CC1. The summed E-state index contributed by atoms with van der Waals surface area (Å²) in [4.78, 5) is 5.14. The van der Waals surface area contributed by atoms with Crippen molar-refractivity contribution in [3.8, 4) is 0 Å². The number of benzene rings is 1. The van der Waals surface area contributed by atoms with Crippen LogP contribution in [0.5, 0.6) is 0 Å². The van der Waals surface area contributed by atoms with Crippen LogP contribution in [0.4, 0.5) is 0 Å². The van der Waals surface area contributed by atoms with E-state index in [0.717, 1.165) is 18.8 Å². The van der Waals surface area contributed by atoms with Gasteiger partial charge in [0.15, 0.2) is 0 Å². The minimum Gasteiger partial charge on any atom is -0.300 e. The molecule has 0 N–H and O–H groups in total. The average molecular weight is 278 g/mol. The van der Waals surface area contributed by atoms with Gasteiger partial charge in [-0.05, 0) is 16.7 Å². The first kappa shape index (κ1) is 14.9. The molecule has 0 radical (unpaired) electrons. The molecule has 0 bridgehead atoms. The lowest BCUT2D eigenvalue weighted by atomic mass is 9.95. The highest BCUT2D eigenvalue weighted by Gasteiger charge is 2.23. The van der Waals surface area contributed by atoms with Crippen LogP contribution in [-0.4, -0.2) is 48.3 Å². The second kappa shape index (κ2) is 6.78. The van der Waals surface area contributed by atoms with Crippen molar-refractivity contribution in [1.29, 1.82) is 0 Å². The molecule has 1 saturated heterocycles. The first-order chi connectivity index (χ1) is 9.09. The maximum atomic E-state index is 4.45. The zero-order chi connectivity index (χ0) is 13.7. The molecule has 2 nitrogen and oxygen atoms in total. The summed E-state index contributed by atoms with van der Waals surface area (Å²) in [6.45, 7) is 11.6. The van der Waals surface area contributed by atoms with Gasteiger partial charge in [-0.2, -0.15) is 12.6 Å². The Balaban J connectivity index is 1.77. The molecule has 0 atom stereocenters. The number of piperazine rings is 1. The molecule has 0 amide bonds. The Hall–Kier alpha value is -0.510. The zero-order valence-electron chi connectivity index (χ0n) is 12.2. The van der Waals surface area contributed by atoms with Crippen LogP contribution in [0.25, 0.3) is 0 Å². The molecular weight excluding hydrogens is 252 g/mol. The van der Waals surface area contributed by atoms with Crippen LogP contribution in [0, 0.1) is 5.41 Å². The van der Waals surface area contributed by atoms with Gasteiger partial charge in [0.05, 0.1) is 0 Å². The third-order valence-corrected chi connectivity index (χ3v) is 4.65. The summed E-state index contributed by atoms with van der Waals surface area (Å²) >= 11 is 4.45. The highest BCUT2D eigenvalue weighted by molar-refractivity contribution is 7.80. The van der Waals surface area contributed by atoms with E-state index in [1.54, 1.807) is 0 Å². The highest BCUT2D eigenvalue weighted by Crippen LogP contribution is 2.19. The monoisotopic (exact) mass is 278 g/mol. The molecule has 2 rings (SSSR count). The minimum atomic E-state index is 0.324. The van der Waals surface area contributed by atoms with E-state index >= 15 is 0 Å². The Morgan fingerprint density at radius 1 is 1.00 bits per heavy atom. The molecule has 1 fully saturated rings. The second-order valence-electron chi connectivity index (χ2n) is 6.36. The highest BCUT2D eigenvalue weighted by atomic mass is 32.1. The Kier molecular flexibility index (Phi) is 5.31. The number of rotatable bonds is 5. The van der Waals surface area contributed by atoms with Crippen LogP contribution >= 0.6 is 12.6 Å². The van der Waals surface area contributed by atoms with Crippen molar-refractivity contribution in [1.82, 2.24) is 9.80 Å². The molecule has 3 heteroatoms. The molecule has 1 aromatic carbocycles. The summed E-state index contributed by atoms with van der Waals surface area (Å²) in [7, 11) is 0. The van der Waals surface area contributed by atoms with Crippen LogP contribution in [0.15, 0.2) is 30.3 Å². The molecule has 1 aliphatic heterocycles. The van der Waals surface area contributed by atoms with Crippen LogP contribution in [0.3, 0.4) is 0 Å². The van der Waals surface area contributed by atoms with Crippen molar-refractivity contribution in [2.75, 3.05) is 38.5 Å². The van der Waals surface area contributed by atoms with E-state index in [2.05, 4.69) is 66.6 Å². The fraction of sp³-hybridized carbons (Fsp3) is 0.625. The summed E-state index contributed by atoms with van der Waals surface area (Å²) in [6.07, 6.45) is 0. The maximum Gasteiger partial charge on any atom is 0.0234 e. The lowest BCUT2D eigenvalue weighted by molar-refractivity contribution is 0.0996. The molecule has 0 aliphatic carbocycles. The van der Waals surface area contributed by atoms with E-state index in [4.69, 9.17) is 0 Å². The van der Waals surface area contributed by atoms with Gasteiger partial charge in [0.2, 0.25) is 0 Å². The van der Waals surface area contributed by atoms with E-state index in [1.807, 2.05) is 0 Å². The summed E-state index contributed by atoms with van der Waals surface area (Å²) in [6, 6.07) is 10.8. The molecule has 19 heavy (non-hydrogen) atoms. The van der Waals surface area contributed by atoms with E-state index in [-0.39, 0.29) is 0 Å². The lowest BCUT2D eigenvalue weighted by Crippen LogP contribution is -2.48. The molecule has 0 saturated carbocycles. The third-order valence-electron chi connectivity index (χ3n) is 3.79. The van der Waals surface area contributed by atoms with Crippen LogP contribution < -0.4 is 0 Å². The number of thiol groups is 1. The fourth-order valence-corrected chi connectivity index (χ4v) is 2.70. The van der Waals surface area contributed by atoms with Crippen molar-refractivity contribution in [3.05, 3.63) is 35.9 Å². The molecule has 106 valence electrons. The van der Waals surface area contributed by atoms with E-state index in [9.17, 15) is 0 Å². The Morgan fingerprint density at radius 3 is 2.16 bits per heavy atom. The van der Waals surface area contributed by atoms with Gasteiger partial charge in [0.1, 0.15) is 0 Å². The standard InChI is InChI=1S/C16H26N2S/c1-16(2,14-19)13-18-10-8-17(9-11-18)12-15-6-4-3-5-7-15/h3-7,19H,8-14H2,1-2H3. The van der Waals surface area contributed by atoms with E-state index in [0.29, 0.717) is 5.41 Å². The Morgan fingerprint density at radius 2 is 1.58 bits per heavy atom.